The molecule has 66 valence electrons. The molecule has 3 heteroatoms. The van der Waals surface area contributed by atoms with Crippen LogP contribution in [-0.2, 0) is 7.05 Å². The molecule has 1 atom stereocenters. The molecule has 3 nitrogen and oxygen atoms in total. The van der Waals surface area contributed by atoms with Crippen LogP contribution in [0.5, 0.6) is 0 Å². The third-order valence-electron chi connectivity index (χ3n) is 1.88. The number of hydrogen-bond donors (Lipinski definition) is 1. The minimum absolute atomic E-state index is 0.634. The molecule has 0 aliphatic heterocycles. The van der Waals surface area contributed by atoms with Gasteiger partial charge in [-0.3, -0.25) is 4.68 Å². The summed E-state index contributed by atoms with van der Waals surface area (Å²) in [5, 5.41) is 13.7. The van der Waals surface area contributed by atoms with E-state index in [1.54, 1.807) is 11.6 Å². The second-order valence-electron chi connectivity index (χ2n) is 3.08. The molecule has 0 aliphatic carbocycles. The van der Waals surface area contributed by atoms with Gasteiger partial charge in [-0.05, 0) is 25.5 Å². The number of aliphatic hydroxyl groups excluding tert-OH is 1. The van der Waals surface area contributed by atoms with Crippen molar-refractivity contribution in [1.29, 1.82) is 0 Å². The number of rotatable bonds is 2. The van der Waals surface area contributed by atoms with Gasteiger partial charge >= 0.3 is 0 Å². The van der Waals surface area contributed by atoms with Crippen LogP contribution >= 0.6 is 0 Å². The molecule has 1 N–H and O–H groups in total. The minimum Gasteiger partial charge on any atom is -0.382 e. The van der Waals surface area contributed by atoms with Gasteiger partial charge in [0.25, 0.3) is 0 Å². The third kappa shape index (κ3) is 1.56. The maximum Gasteiger partial charge on any atom is 0.118 e. The summed E-state index contributed by atoms with van der Waals surface area (Å²) >= 11 is 0. The fourth-order valence-electron chi connectivity index (χ4n) is 0.974. The standard InChI is InChI=1S/C9H14N2O/c1-6(2)9(12)8-5-7(3)11(4)10-8/h5,9,12H,1H2,2-4H3. The van der Waals surface area contributed by atoms with Crippen molar-refractivity contribution in [3.05, 3.63) is 29.6 Å². The van der Waals surface area contributed by atoms with E-state index in [2.05, 4.69) is 11.7 Å². The monoisotopic (exact) mass is 166 g/mol. The Hall–Kier alpha value is -1.09. The highest BCUT2D eigenvalue weighted by molar-refractivity contribution is 5.18. The highest BCUT2D eigenvalue weighted by atomic mass is 16.3. The number of aryl methyl sites for hydroxylation is 2. The van der Waals surface area contributed by atoms with Crippen LogP contribution in [0.2, 0.25) is 0 Å². The van der Waals surface area contributed by atoms with Crippen molar-refractivity contribution in [3.8, 4) is 0 Å². The molecule has 0 aromatic carbocycles. The Morgan fingerprint density at radius 3 is 2.67 bits per heavy atom. The van der Waals surface area contributed by atoms with Crippen LogP contribution in [0, 0.1) is 6.92 Å². The first kappa shape index (κ1) is 9.00. The summed E-state index contributed by atoms with van der Waals surface area (Å²) < 4.78 is 1.74. The summed E-state index contributed by atoms with van der Waals surface area (Å²) in [6, 6.07) is 1.86. The van der Waals surface area contributed by atoms with Crippen molar-refractivity contribution in [2.75, 3.05) is 0 Å². The SMILES string of the molecule is C=C(C)C(O)c1cc(C)n(C)n1. The van der Waals surface area contributed by atoms with Gasteiger partial charge in [0, 0.05) is 12.7 Å². The first-order chi connectivity index (χ1) is 5.52. The van der Waals surface area contributed by atoms with Crippen LogP contribution in [0.4, 0.5) is 0 Å². The van der Waals surface area contributed by atoms with Crippen molar-refractivity contribution in [1.82, 2.24) is 9.78 Å². The summed E-state index contributed by atoms with van der Waals surface area (Å²) in [6.07, 6.45) is -0.634. The third-order valence-corrected chi connectivity index (χ3v) is 1.88. The van der Waals surface area contributed by atoms with E-state index in [1.807, 2.05) is 20.0 Å². The highest BCUT2D eigenvalue weighted by Gasteiger charge is 2.11. The van der Waals surface area contributed by atoms with E-state index < -0.39 is 6.10 Å². The van der Waals surface area contributed by atoms with Gasteiger partial charge in [0.15, 0.2) is 0 Å². The molecule has 0 saturated heterocycles. The molecular formula is C9H14N2O. The lowest BCUT2D eigenvalue weighted by Crippen LogP contribution is -2.00. The molecule has 0 amide bonds. The molecule has 0 saturated carbocycles. The number of hydrogen-bond acceptors (Lipinski definition) is 2. The Bertz CT molecular complexity index is 282. The van der Waals surface area contributed by atoms with Crippen molar-refractivity contribution >= 4 is 0 Å². The van der Waals surface area contributed by atoms with E-state index in [4.69, 9.17) is 0 Å². The molecule has 1 aromatic heterocycles. The van der Waals surface area contributed by atoms with Gasteiger partial charge in [0.05, 0.1) is 5.69 Å². The Morgan fingerprint density at radius 2 is 2.33 bits per heavy atom. The Labute approximate surface area is 72.3 Å². The molecule has 0 fully saturated rings. The highest BCUT2D eigenvalue weighted by Crippen LogP contribution is 2.18. The summed E-state index contributed by atoms with van der Waals surface area (Å²) in [5.74, 6) is 0. The summed E-state index contributed by atoms with van der Waals surface area (Å²) in [5.41, 5.74) is 2.42. The average Bonchev–Trinajstić information content (AvgIpc) is 2.30. The molecule has 0 spiro atoms. The van der Waals surface area contributed by atoms with Crippen LogP contribution in [0.15, 0.2) is 18.2 Å². The molecule has 0 bridgehead atoms. The first-order valence-electron chi connectivity index (χ1n) is 3.86. The predicted molar refractivity (Wildman–Crippen MR) is 47.7 cm³/mol. The summed E-state index contributed by atoms with van der Waals surface area (Å²) in [7, 11) is 1.85. The fourth-order valence-corrected chi connectivity index (χ4v) is 0.974. The Kier molecular flexibility index (Phi) is 2.33. The summed E-state index contributed by atoms with van der Waals surface area (Å²) in [6.45, 7) is 7.40. The molecule has 1 aromatic rings. The van der Waals surface area contributed by atoms with E-state index in [-0.39, 0.29) is 0 Å². The quantitative estimate of drug-likeness (QED) is 0.673. The minimum atomic E-state index is -0.634. The number of aromatic nitrogens is 2. The van der Waals surface area contributed by atoms with Crippen LogP contribution in [0.3, 0.4) is 0 Å². The molecule has 1 unspecified atom stereocenters. The van der Waals surface area contributed by atoms with Gasteiger partial charge in [-0.25, -0.2) is 0 Å². The lowest BCUT2D eigenvalue weighted by molar-refractivity contribution is 0.210. The maximum absolute atomic E-state index is 9.56. The number of aliphatic hydroxyl groups is 1. The average molecular weight is 166 g/mol. The molecule has 1 heterocycles. The van der Waals surface area contributed by atoms with Gasteiger partial charge in [-0.15, -0.1) is 0 Å². The lowest BCUT2D eigenvalue weighted by Gasteiger charge is -2.04. The molecule has 0 radical (unpaired) electrons. The van der Waals surface area contributed by atoms with Crippen molar-refractivity contribution in [2.45, 2.75) is 20.0 Å². The smallest absolute Gasteiger partial charge is 0.118 e. The van der Waals surface area contributed by atoms with Gasteiger partial charge in [0.2, 0.25) is 0 Å². The van der Waals surface area contributed by atoms with Gasteiger partial charge in [0.1, 0.15) is 6.10 Å². The second-order valence-corrected chi connectivity index (χ2v) is 3.08. The van der Waals surface area contributed by atoms with Gasteiger partial charge < -0.3 is 5.11 Å². The van der Waals surface area contributed by atoms with Gasteiger partial charge in [-0.1, -0.05) is 6.58 Å². The topological polar surface area (TPSA) is 38.0 Å². The van der Waals surface area contributed by atoms with Crippen LogP contribution in [-0.4, -0.2) is 14.9 Å². The Balaban J connectivity index is 2.96. The molecule has 1 rings (SSSR count). The van der Waals surface area contributed by atoms with E-state index >= 15 is 0 Å². The second kappa shape index (κ2) is 3.11. The summed E-state index contributed by atoms with van der Waals surface area (Å²) in [4.78, 5) is 0. The van der Waals surface area contributed by atoms with Gasteiger partial charge in [-0.2, -0.15) is 5.10 Å². The maximum atomic E-state index is 9.56. The molecule has 12 heavy (non-hydrogen) atoms. The van der Waals surface area contributed by atoms with Crippen molar-refractivity contribution in [2.24, 2.45) is 7.05 Å². The normalized spacial score (nSPS) is 13.0. The largest absolute Gasteiger partial charge is 0.382 e. The zero-order valence-electron chi connectivity index (χ0n) is 7.70. The molecular weight excluding hydrogens is 152 g/mol. The van der Waals surface area contributed by atoms with Crippen LogP contribution in [0.1, 0.15) is 24.4 Å². The van der Waals surface area contributed by atoms with Crippen molar-refractivity contribution in [3.63, 3.8) is 0 Å². The number of nitrogens with zero attached hydrogens (tertiary/aromatic N) is 2. The zero-order chi connectivity index (χ0) is 9.30. The van der Waals surface area contributed by atoms with Crippen LogP contribution in [0.25, 0.3) is 0 Å². The molecule has 0 aliphatic rings. The predicted octanol–water partition coefficient (Wildman–Crippen LogP) is 1.34. The lowest BCUT2D eigenvalue weighted by atomic mass is 10.1. The van der Waals surface area contributed by atoms with E-state index in [9.17, 15) is 5.11 Å². The Morgan fingerprint density at radius 1 is 1.75 bits per heavy atom. The zero-order valence-corrected chi connectivity index (χ0v) is 7.70. The van der Waals surface area contributed by atoms with E-state index in [0.717, 1.165) is 5.69 Å². The van der Waals surface area contributed by atoms with E-state index in [0.29, 0.717) is 11.3 Å². The van der Waals surface area contributed by atoms with Crippen molar-refractivity contribution < 1.29 is 5.11 Å². The first-order valence-corrected chi connectivity index (χ1v) is 3.86. The fraction of sp³-hybridized carbons (Fsp3) is 0.444. The van der Waals surface area contributed by atoms with E-state index in [1.165, 1.54) is 0 Å². The van der Waals surface area contributed by atoms with Crippen LogP contribution < -0.4 is 0 Å².